The highest BCUT2D eigenvalue weighted by Crippen LogP contribution is 2.13. The molecule has 0 aromatic carbocycles. The van der Waals surface area contributed by atoms with Crippen LogP contribution in [-0.4, -0.2) is 25.2 Å². The van der Waals surface area contributed by atoms with Crippen LogP contribution in [0.15, 0.2) is 18.5 Å². The van der Waals surface area contributed by atoms with E-state index in [1.165, 1.54) is 11.1 Å². The fraction of sp³-hybridized carbons (Fsp3) is 0.583. The highest BCUT2D eigenvalue weighted by Gasteiger charge is 2.10. The smallest absolute Gasteiger partial charge is 0.0658 e. The molecule has 1 atom stereocenters. The van der Waals surface area contributed by atoms with Crippen LogP contribution in [0.2, 0.25) is 0 Å². The molecule has 0 aliphatic heterocycles. The summed E-state index contributed by atoms with van der Waals surface area (Å²) in [5.41, 5.74) is 2.39. The van der Waals surface area contributed by atoms with Gasteiger partial charge >= 0.3 is 0 Å². The predicted molar refractivity (Wildman–Crippen MR) is 61.9 cm³/mol. The SMILES string of the molecule is CCCNC(COC)c1cncc(C)c1. The van der Waals surface area contributed by atoms with Gasteiger partial charge in [0.25, 0.3) is 0 Å². The molecule has 1 rings (SSSR count). The van der Waals surface area contributed by atoms with Crippen molar-refractivity contribution in [1.29, 1.82) is 0 Å². The van der Waals surface area contributed by atoms with Gasteiger partial charge in [0, 0.05) is 19.5 Å². The van der Waals surface area contributed by atoms with Crippen LogP contribution >= 0.6 is 0 Å². The Morgan fingerprint density at radius 2 is 2.27 bits per heavy atom. The minimum atomic E-state index is 0.252. The maximum absolute atomic E-state index is 5.21. The van der Waals surface area contributed by atoms with E-state index in [2.05, 4.69) is 30.2 Å². The number of methoxy groups -OCH3 is 1. The third-order valence-corrected chi connectivity index (χ3v) is 2.27. The first-order valence-corrected chi connectivity index (χ1v) is 5.41. The van der Waals surface area contributed by atoms with Crippen LogP contribution in [0.4, 0.5) is 0 Å². The summed E-state index contributed by atoms with van der Waals surface area (Å²) in [6, 6.07) is 2.40. The lowest BCUT2D eigenvalue weighted by Crippen LogP contribution is -2.26. The first-order chi connectivity index (χ1) is 7.27. The zero-order valence-electron chi connectivity index (χ0n) is 9.79. The molecule has 3 heteroatoms. The summed E-state index contributed by atoms with van der Waals surface area (Å²) >= 11 is 0. The van der Waals surface area contributed by atoms with E-state index in [-0.39, 0.29) is 6.04 Å². The van der Waals surface area contributed by atoms with E-state index in [1.807, 2.05) is 12.4 Å². The minimum Gasteiger partial charge on any atom is -0.383 e. The van der Waals surface area contributed by atoms with Gasteiger partial charge in [0.2, 0.25) is 0 Å². The van der Waals surface area contributed by atoms with E-state index in [4.69, 9.17) is 4.74 Å². The van der Waals surface area contributed by atoms with Crippen molar-refractivity contribution < 1.29 is 4.74 Å². The molecule has 1 N–H and O–H groups in total. The summed E-state index contributed by atoms with van der Waals surface area (Å²) < 4.78 is 5.21. The first kappa shape index (κ1) is 12.1. The summed E-state index contributed by atoms with van der Waals surface area (Å²) in [6.07, 6.45) is 4.89. The molecule has 0 saturated carbocycles. The van der Waals surface area contributed by atoms with Gasteiger partial charge in [0.05, 0.1) is 12.6 Å². The molecule has 0 amide bonds. The van der Waals surface area contributed by atoms with Crippen molar-refractivity contribution in [2.45, 2.75) is 26.3 Å². The normalized spacial score (nSPS) is 12.7. The molecule has 3 nitrogen and oxygen atoms in total. The molecule has 0 aliphatic rings. The Hall–Kier alpha value is -0.930. The number of hydrogen-bond donors (Lipinski definition) is 1. The molecule has 0 spiro atoms. The summed E-state index contributed by atoms with van der Waals surface area (Å²) in [5.74, 6) is 0. The number of ether oxygens (including phenoxy) is 1. The molecule has 1 unspecified atom stereocenters. The van der Waals surface area contributed by atoms with Crippen molar-refractivity contribution in [1.82, 2.24) is 10.3 Å². The van der Waals surface area contributed by atoms with Crippen molar-refractivity contribution in [3.05, 3.63) is 29.6 Å². The van der Waals surface area contributed by atoms with Crippen molar-refractivity contribution in [3.63, 3.8) is 0 Å². The molecule has 84 valence electrons. The van der Waals surface area contributed by atoms with E-state index >= 15 is 0 Å². The Morgan fingerprint density at radius 1 is 1.47 bits per heavy atom. The van der Waals surface area contributed by atoms with Crippen LogP contribution in [0.5, 0.6) is 0 Å². The maximum Gasteiger partial charge on any atom is 0.0658 e. The van der Waals surface area contributed by atoms with E-state index in [0.717, 1.165) is 13.0 Å². The zero-order chi connectivity index (χ0) is 11.1. The van der Waals surface area contributed by atoms with Gasteiger partial charge in [-0.1, -0.05) is 13.0 Å². The van der Waals surface area contributed by atoms with E-state index in [0.29, 0.717) is 6.61 Å². The Morgan fingerprint density at radius 3 is 2.87 bits per heavy atom. The molecule has 0 bridgehead atoms. The Kier molecular flexibility index (Phi) is 5.29. The molecule has 15 heavy (non-hydrogen) atoms. The van der Waals surface area contributed by atoms with Crippen molar-refractivity contribution in [2.24, 2.45) is 0 Å². The highest BCUT2D eigenvalue weighted by atomic mass is 16.5. The number of aryl methyl sites for hydroxylation is 1. The summed E-state index contributed by atoms with van der Waals surface area (Å²) in [7, 11) is 1.73. The minimum absolute atomic E-state index is 0.252. The van der Waals surface area contributed by atoms with Gasteiger partial charge in [-0.15, -0.1) is 0 Å². The first-order valence-electron chi connectivity index (χ1n) is 5.41. The third-order valence-electron chi connectivity index (χ3n) is 2.27. The standard InChI is InChI=1S/C12H20N2O/c1-4-5-14-12(9-15-3)11-6-10(2)7-13-8-11/h6-8,12,14H,4-5,9H2,1-3H3. The number of nitrogens with one attached hydrogen (secondary N) is 1. The van der Waals surface area contributed by atoms with Crippen LogP contribution in [0.3, 0.4) is 0 Å². The second-order valence-corrected chi connectivity index (χ2v) is 3.76. The van der Waals surface area contributed by atoms with Crippen LogP contribution < -0.4 is 5.32 Å². The van der Waals surface area contributed by atoms with Crippen LogP contribution in [0.1, 0.15) is 30.5 Å². The van der Waals surface area contributed by atoms with Gasteiger partial charge in [-0.2, -0.15) is 0 Å². The number of nitrogens with zero attached hydrogens (tertiary/aromatic N) is 1. The lowest BCUT2D eigenvalue weighted by atomic mass is 10.1. The molecular formula is C12H20N2O. The quantitative estimate of drug-likeness (QED) is 0.777. The molecule has 0 fully saturated rings. The van der Waals surface area contributed by atoms with E-state index < -0.39 is 0 Å². The largest absolute Gasteiger partial charge is 0.383 e. The average molecular weight is 208 g/mol. The highest BCUT2D eigenvalue weighted by molar-refractivity contribution is 5.20. The molecule has 1 heterocycles. The summed E-state index contributed by atoms with van der Waals surface area (Å²) in [6.45, 7) is 5.90. The lowest BCUT2D eigenvalue weighted by Gasteiger charge is -2.17. The van der Waals surface area contributed by atoms with Gasteiger partial charge in [-0.3, -0.25) is 4.98 Å². The van der Waals surface area contributed by atoms with Gasteiger partial charge in [0.1, 0.15) is 0 Å². The van der Waals surface area contributed by atoms with E-state index in [1.54, 1.807) is 7.11 Å². The monoisotopic (exact) mass is 208 g/mol. The van der Waals surface area contributed by atoms with Crippen LogP contribution in [-0.2, 0) is 4.74 Å². The van der Waals surface area contributed by atoms with Gasteiger partial charge in [-0.25, -0.2) is 0 Å². The van der Waals surface area contributed by atoms with Crippen LogP contribution in [0, 0.1) is 6.92 Å². The van der Waals surface area contributed by atoms with E-state index in [9.17, 15) is 0 Å². The molecule has 0 aliphatic carbocycles. The van der Waals surface area contributed by atoms with Crippen LogP contribution in [0.25, 0.3) is 0 Å². The molecular weight excluding hydrogens is 188 g/mol. The van der Waals surface area contributed by atoms with Crippen molar-refractivity contribution in [2.75, 3.05) is 20.3 Å². The lowest BCUT2D eigenvalue weighted by molar-refractivity contribution is 0.167. The Bertz CT molecular complexity index is 289. The maximum atomic E-state index is 5.21. The number of rotatable bonds is 6. The topological polar surface area (TPSA) is 34.1 Å². The van der Waals surface area contributed by atoms with Gasteiger partial charge in [0.15, 0.2) is 0 Å². The molecule has 0 radical (unpaired) electrons. The average Bonchev–Trinajstić information content (AvgIpc) is 2.24. The van der Waals surface area contributed by atoms with Crippen molar-refractivity contribution in [3.8, 4) is 0 Å². The van der Waals surface area contributed by atoms with Crippen molar-refractivity contribution >= 4 is 0 Å². The third kappa shape index (κ3) is 3.98. The fourth-order valence-corrected chi connectivity index (χ4v) is 1.53. The predicted octanol–water partition coefficient (Wildman–Crippen LogP) is 2.08. The summed E-state index contributed by atoms with van der Waals surface area (Å²) in [4.78, 5) is 4.20. The molecule has 0 saturated heterocycles. The zero-order valence-corrected chi connectivity index (χ0v) is 9.79. The number of pyridine rings is 1. The van der Waals surface area contributed by atoms with Gasteiger partial charge < -0.3 is 10.1 Å². The molecule has 1 aromatic heterocycles. The number of hydrogen-bond acceptors (Lipinski definition) is 3. The summed E-state index contributed by atoms with van der Waals surface area (Å²) in [5, 5.41) is 3.45. The Balaban J connectivity index is 2.69. The second kappa shape index (κ2) is 6.53. The Labute approximate surface area is 91.9 Å². The second-order valence-electron chi connectivity index (χ2n) is 3.76. The number of aromatic nitrogens is 1. The fourth-order valence-electron chi connectivity index (χ4n) is 1.53. The molecule has 1 aromatic rings. The van der Waals surface area contributed by atoms with Gasteiger partial charge in [-0.05, 0) is 31.0 Å².